The number of likely N-dealkylation sites (N-methyl/N-ethyl adjacent to an activating group) is 1. The number of nitrogens with zero attached hydrogens (tertiary/aromatic N) is 2. The van der Waals surface area contributed by atoms with Crippen LogP contribution < -0.4 is 0 Å². The van der Waals surface area contributed by atoms with E-state index >= 15 is 0 Å². The highest BCUT2D eigenvalue weighted by Gasteiger charge is 2.36. The number of carbonyl (C=O) groups excluding carboxylic acids is 1. The Bertz CT molecular complexity index is 380. The molecule has 4 nitrogen and oxygen atoms in total. The molecule has 1 heterocycles. The molecule has 1 aromatic carbocycles. The van der Waals surface area contributed by atoms with E-state index in [0.29, 0.717) is 0 Å². The molecular formula is C12H16N2O2. The third-order valence-electron chi connectivity index (χ3n) is 3.12. The second-order valence-electron chi connectivity index (χ2n) is 4.05. The standard InChI is InChI=1S/C12H16N2O2/c1-9-11(10-7-5-4-6-8-10)16-12(15)14(3)13(9)2/h4-9,11H,1-3H3/t9-,11-/m0/s1. The van der Waals surface area contributed by atoms with E-state index in [9.17, 15) is 4.79 Å². The van der Waals surface area contributed by atoms with E-state index in [0.717, 1.165) is 5.56 Å². The summed E-state index contributed by atoms with van der Waals surface area (Å²) in [5.74, 6) is 0. The number of hydrogen-bond donors (Lipinski definition) is 0. The van der Waals surface area contributed by atoms with E-state index in [-0.39, 0.29) is 18.2 Å². The van der Waals surface area contributed by atoms with Crippen molar-refractivity contribution in [1.82, 2.24) is 10.0 Å². The molecule has 16 heavy (non-hydrogen) atoms. The third kappa shape index (κ3) is 1.76. The van der Waals surface area contributed by atoms with Crippen molar-refractivity contribution in [2.75, 3.05) is 14.1 Å². The molecule has 0 bridgehead atoms. The number of hydrazine groups is 1. The highest BCUT2D eigenvalue weighted by Crippen LogP contribution is 2.29. The minimum Gasteiger partial charge on any atom is -0.439 e. The topological polar surface area (TPSA) is 32.8 Å². The molecule has 1 saturated heterocycles. The van der Waals surface area contributed by atoms with Crippen molar-refractivity contribution in [3.05, 3.63) is 35.9 Å². The van der Waals surface area contributed by atoms with E-state index in [4.69, 9.17) is 4.74 Å². The van der Waals surface area contributed by atoms with Crippen LogP contribution in [0.3, 0.4) is 0 Å². The van der Waals surface area contributed by atoms with Crippen LogP contribution in [0, 0.1) is 0 Å². The quantitative estimate of drug-likeness (QED) is 0.726. The summed E-state index contributed by atoms with van der Waals surface area (Å²) in [6.45, 7) is 2.04. The predicted molar refractivity (Wildman–Crippen MR) is 60.7 cm³/mol. The second-order valence-corrected chi connectivity index (χ2v) is 4.05. The fourth-order valence-corrected chi connectivity index (χ4v) is 1.87. The van der Waals surface area contributed by atoms with Gasteiger partial charge in [-0.25, -0.2) is 14.8 Å². The van der Waals surface area contributed by atoms with Gasteiger partial charge in [-0.15, -0.1) is 0 Å². The van der Waals surface area contributed by atoms with Gasteiger partial charge >= 0.3 is 6.09 Å². The second kappa shape index (κ2) is 4.14. The van der Waals surface area contributed by atoms with Crippen molar-refractivity contribution >= 4 is 6.09 Å². The van der Waals surface area contributed by atoms with Crippen molar-refractivity contribution in [2.45, 2.75) is 19.1 Å². The molecule has 1 aromatic rings. The van der Waals surface area contributed by atoms with Gasteiger partial charge in [0.05, 0.1) is 6.04 Å². The summed E-state index contributed by atoms with van der Waals surface area (Å²) in [5.41, 5.74) is 1.03. The highest BCUT2D eigenvalue weighted by atomic mass is 16.6. The van der Waals surface area contributed by atoms with Crippen LogP contribution in [-0.2, 0) is 4.74 Å². The Morgan fingerprint density at radius 3 is 2.44 bits per heavy atom. The van der Waals surface area contributed by atoms with Crippen molar-refractivity contribution in [1.29, 1.82) is 0 Å². The molecule has 0 unspecified atom stereocenters. The number of ether oxygens (including phenoxy) is 1. The van der Waals surface area contributed by atoms with Crippen LogP contribution >= 0.6 is 0 Å². The van der Waals surface area contributed by atoms with Gasteiger partial charge in [0.2, 0.25) is 0 Å². The summed E-state index contributed by atoms with van der Waals surface area (Å²) in [6.07, 6.45) is -0.510. The van der Waals surface area contributed by atoms with Gasteiger partial charge in [-0.3, -0.25) is 0 Å². The van der Waals surface area contributed by atoms with Crippen molar-refractivity contribution < 1.29 is 9.53 Å². The van der Waals surface area contributed by atoms with Gasteiger partial charge in [0.25, 0.3) is 0 Å². The van der Waals surface area contributed by atoms with Gasteiger partial charge in [0.1, 0.15) is 6.10 Å². The largest absolute Gasteiger partial charge is 0.439 e. The number of benzene rings is 1. The maximum atomic E-state index is 11.6. The van der Waals surface area contributed by atoms with Crippen LogP contribution in [0.1, 0.15) is 18.6 Å². The van der Waals surface area contributed by atoms with Gasteiger partial charge < -0.3 is 4.74 Å². The van der Waals surface area contributed by atoms with Gasteiger partial charge in [-0.1, -0.05) is 30.3 Å². The van der Waals surface area contributed by atoms with E-state index in [1.807, 2.05) is 49.3 Å². The summed E-state index contributed by atoms with van der Waals surface area (Å²) < 4.78 is 5.41. The van der Waals surface area contributed by atoms with E-state index < -0.39 is 0 Å². The summed E-state index contributed by atoms with van der Waals surface area (Å²) in [4.78, 5) is 11.6. The maximum absolute atomic E-state index is 11.6. The number of cyclic esters (lactones) is 1. The van der Waals surface area contributed by atoms with Crippen molar-refractivity contribution in [3.8, 4) is 0 Å². The molecular weight excluding hydrogens is 204 g/mol. The molecule has 1 fully saturated rings. The van der Waals surface area contributed by atoms with Crippen molar-refractivity contribution in [3.63, 3.8) is 0 Å². The average Bonchev–Trinajstić information content (AvgIpc) is 2.32. The zero-order chi connectivity index (χ0) is 11.7. The van der Waals surface area contributed by atoms with Gasteiger partial charge in [0.15, 0.2) is 0 Å². The normalized spacial score (nSPS) is 26.7. The van der Waals surface area contributed by atoms with Gasteiger partial charge in [-0.05, 0) is 12.5 Å². The molecule has 2 rings (SSSR count). The fraction of sp³-hybridized carbons (Fsp3) is 0.417. The summed E-state index contributed by atoms with van der Waals surface area (Å²) in [6, 6.07) is 9.95. The number of carbonyl (C=O) groups is 1. The number of rotatable bonds is 1. The van der Waals surface area contributed by atoms with Crippen LogP contribution in [-0.4, -0.2) is 36.2 Å². The van der Waals surface area contributed by atoms with E-state index in [2.05, 4.69) is 0 Å². The molecule has 0 radical (unpaired) electrons. The molecule has 2 atom stereocenters. The predicted octanol–water partition coefficient (Wildman–Crippen LogP) is 2.04. The Morgan fingerprint density at radius 1 is 1.19 bits per heavy atom. The lowest BCUT2D eigenvalue weighted by Gasteiger charge is -2.42. The molecule has 0 aromatic heterocycles. The Morgan fingerprint density at radius 2 is 1.81 bits per heavy atom. The molecule has 1 aliphatic heterocycles. The smallest absolute Gasteiger partial charge is 0.424 e. The van der Waals surface area contributed by atoms with E-state index in [1.165, 1.54) is 5.01 Å². The van der Waals surface area contributed by atoms with Crippen molar-refractivity contribution in [2.24, 2.45) is 0 Å². The lowest BCUT2D eigenvalue weighted by molar-refractivity contribution is -0.108. The molecule has 0 spiro atoms. The Hall–Kier alpha value is -1.55. The van der Waals surface area contributed by atoms with E-state index in [1.54, 1.807) is 7.05 Å². The molecule has 0 N–H and O–H groups in total. The first-order valence-corrected chi connectivity index (χ1v) is 5.33. The van der Waals surface area contributed by atoms with Crippen LogP contribution in [0.15, 0.2) is 30.3 Å². The molecule has 1 amide bonds. The number of amides is 1. The van der Waals surface area contributed by atoms with Crippen LogP contribution in [0.4, 0.5) is 4.79 Å². The summed E-state index contributed by atoms with van der Waals surface area (Å²) in [5, 5.41) is 3.38. The summed E-state index contributed by atoms with van der Waals surface area (Å²) >= 11 is 0. The lowest BCUT2D eigenvalue weighted by atomic mass is 10.0. The fourth-order valence-electron chi connectivity index (χ4n) is 1.87. The molecule has 0 aliphatic carbocycles. The molecule has 0 saturated carbocycles. The van der Waals surface area contributed by atoms with Crippen LogP contribution in [0.5, 0.6) is 0 Å². The minimum atomic E-state index is -0.311. The van der Waals surface area contributed by atoms with Gasteiger partial charge in [0, 0.05) is 14.1 Å². The van der Waals surface area contributed by atoms with Gasteiger partial charge in [-0.2, -0.15) is 0 Å². The van der Waals surface area contributed by atoms with Crippen LogP contribution in [0.2, 0.25) is 0 Å². The zero-order valence-corrected chi connectivity index (χ0v) is 9.75. The highest BCUT2D eigenvalue weighted by molar-refractivity contribution is 5.68. The van der Waals surface area contributed by atoms with Crippen LogP contribution in [0.25, 0.3) is 0 Å². The monoisotopic (exact) mass is 220 g/mol. The SMILES string of the molecule is C[C@H]1[C@@H](c2ccccc2)OC(=O)N(C)N1C. The zero-order valence-electron chi connectivity index (χ0n) is 9.75. The summed E-state index contributed by atoms with van der Waals surface area (Å²) in [7, 11) is 3.60. The Balaban J connectivity index is 2.26. The molecule has 86 valence electrons. The first kappa shape index (κ1) is 11.0. The Kier molecular flexibility index (Phi) is 2.83. The number of hydrogen-bond acceptors (Lipinski definition) is 3. The lowest BCUT2D eigenvalue weighted by Crippen LogP contribution is -2.54. The first-order valence-electron chi connectivity index (χ1n) is 5.33. The molecule has 4 heteroatoms. The third-order valence-corrected chi connectivity index (χ3v) is 3.12. The minimum absolute atomic E-state index is 0.130. The Labute approximate surface area is 95.4 Å². The average molecular weight is 220 g/mol. The maximum Gasteiger partial charge on any atom is 0.424 e. The first-order chi connectivity index (χ1) is 7.61. The molecule has 1 aliphatic rings.